The van der Waals surface area contributed by atoms with Crippen molar-refractivity contribution >= 4 is 27.6 Å². The summed E-state index contributed by atoms with van der Waals surface area (Å²) < 4.78 is 33.6. The van der Waals surface area contributed by atoms with Crippen LogP contribution < -0.4 is 14.8 Å². The molecule has 9 heteroatoms. The Morgan fingerprint density at radius 1 is 0.939 bits per heavy atom. The number of anilines is 2. The number of carbonyl (C=O) groups is 1. The lowest BCUT2D eigenvalue weighted by molar-refractivity contribution is -0.122. The summed E-state index contributed by atoms with van der Waals surface area (Å²) in [5.74, 6) is 0.327. The molecule has 174 valence electrons. The largest absolute Gasteiger partial charge is 0.481 e. The van der Waals surface area contributed by atoms with Crippen LogP contribution in [-0.2, 0) is 14.8 Å². The Hall–Kier alpha value is -3.46. The highest BCUT2D eigenvalue weighted by molar-refractivity contribution is 7.92. The first-order valence-electron chi connectivity index (χ1n) is 10.6. The van der Waals surface area contributed by atoms with Crippen LogP contribution in [0.2, 0.25) is 0 Å². The van der Waals surface area contributed by atoms with Crippen LogP contribution in [-0.4, -0.2) is 30.4 Å². The maximum absolute atomic E-state index is 12.7. The highest BCUT2D eigenvalue weighted by Gasteiger charge is 2.20. The number of ether oxygens (including phenoxy) is 1. The van der Waals surface area contributed by atoms with Crippen molar-refractivity contribution in [1.29, 1.82) is 0 Å². The minimum atomic E-state index is -3.87. The van der Waals surface area contributed by atoms with Crippen LogP contribution in [0.25, 0.3) is 0 Å². The Labute approximate surface area is 194 Å². The molecule has 0 radical (unpaired) electrons. The van der Waals surface area contributed by atoms with Crippen molar-refractivity contribution in [3.63, 3.8) is 0 Å². The van der Waals surface area contributed by atoms with E-state index in [9.17, 15) is 13.2 Å². The smallest absolute Gasteiger partial charge is 0.265 e. The zero-order valence-corrected chi connectivity index (χ0v) is 20.2. The van der Waals surface area contributed by atoms with Gasteiger partial charge in [-0.25, -0.2) is 23.1 Å². The van der Waals surface area contributed by atoms with Gasteiger partial charge in [0.05, 0.1) is 4.90 Å². The van der Waals surface area contributed by atoms with Crippen molar-refractivity contribution < 1.29 is 17.9 Å². The Morgan fingerprint density at radius 2 is 1.58 bits per heavy atom. The maximum Gasteiger partial charge on any atom is 0.265 e. The summed E-state index contributed by atoms with van der Waals surface area (Å²) in [6.45, 7) is 9.38. The van der Waals surface area contributed by atoms with Crippen molar-refractivity contribution in [1.82, 2.24) is 9.97 Å². The molecule has 0 aliphatic heterocycles. The van der Waals surface area contributed by atoms with E-state index in [4.69, 9.17) is 4.74 Å². The van der Waals surface area contributed by atoms with Crippen molar-refractivity contribution in [3.05, 3.63) is 71.0 Å². The molecule has 1 heterocycles. The van der Waals surface area contributed by atoms with Gasteiger partial charge in [0.2, 0.25) is 5.95 Å². The number of hydrogen-bond donors (Lipinski definition) is 2. The molecule has 1 atom stereocenters. The van der Waals surface area contributed by atoms with E-state index < -0.39 is 16.1 Å². The van der Waals surface area contributed by atoms with Crippen LogP contribution in [0.5, 0.6) is 5.75 Å². The zero-order chi connectivity index (χ0) is 24.2. The number of hydrogen-bond acceptors (Lipinski definition) is 6. The Kier molecular flexibility index (Phi) is 7.33. The number of amides is 1. The van der Waals surface area contributed by atoms with Crippen LogP contribution in [0.15, 0.2) is 53.4 Å². The minimum Gasteiger partial charge on any atom is -0.481 e. The second kappa shape index (κ2) is 9.99. The van der Waals surface area contributed by atoms with E-state index in [1.165, 1.54) is 24.3 Å². The molecule has 0 spiro atoms. The van der Waals surface area contributed by atoms with Gasteiger partial charge < -0.3 is 10.1 Å². The summed E-state index contributed by atoms with van der Waals surface area (Å²) in [5.41, 5.74) is 4.01. The van der Waals surface area contributed by atoms with Crippen LogP contribution in [0.3, 0.4) is 0 Å². The molecule has 33 heavy (non-hydrogen) atoms. The molecule has 0 bridgehead atoms. The predicted octanol–water partition coefficient (Wildman–Crippen LogP) is 4.31. The average molecular weight is 469 g/mol. The minimum absolute atomic E-state index is 0.0131. The van der Waals surface area contributed by atoms with Crippen molar-refractivity contribution in [2.75, 3.05) is 10.0 Å². The van der Waals surface area contributed by atoms with Gasteiger partial charge in [-0.1, -0.05) is 13.0 Å². The SMILES string of the molecule is CC[C@H](Oc1ccc(C)c(C)c1)C(=O)Nc1ccc(S(=O)(=O)Nc2nc(C)cc(C)n2)cc1. The zero-order valence-electron chi connectivity index (χ0n) is 19.3. The van der Waals surface area contributed by atoms with Crippen LogP contribution in [0.1, 0.15) is 35.9 Å². The van der Waals surface area contributed by atoms with Crippen molar-refractivity contribution in [2.24, 2.45) is 0 Å². The molecule has 0 aliphatic rings. The van der Waals surface area contributed by atoms with Gasteiger partial charge in [0, 0.05) is 17.1 Å². The van der Waals surface area contributed by atoms with Crippen molar-refractivity contribution in [2.45, 2.75) is 52.0 Å². The molecular formula is C24H28N4O4S. The van der Waals surface area contributed by atoms with Gasteiger partial charge in [-0.05, 0) is 87.7 Å². The Balaban J connectivity index is 1.68. The number of benzene rings is 2. The van der Waals surface area contributed by atoms with Crippen molar-refractivity contribution in [3.8, 4) is 5.75 Å². The molecule has 0 aliphatic carbocycles. The molecular weight excluding hydrogens is 440 g/mol. The fraction of sp³-hybridized carbons (Fsp3) is 0.292. The van der Waals surface area contributed by atoms with E-state index in [0.717, 1.165) is 11.1 Å². The summed E-state index contributed by atoms with van der Waals surface area (Å²) in [6, 6.07) is 13.3. The molecule has 2 N–H and O–H groups in total. The second-order valence-corrected chi connectivity index (χ2v) is 9.54. The third-order valence-corrected chi connectivity index (χ3v) is 6.40. The fourth-order valence-corrected chi connectivity index (χ4v) is 4.11. The van der Waals surface area contributed by atoms with E-state index in [1.807, 2.05) is 39.0 Å². The van der Waals surface area contributed by atoms with E-state index >= 15 is 0 Å². The molecule has 8 nitrogen and oxygen atoms in total. The summed E-state index contributed by atoms with van der Waals surface area (Å²) in [5, 5.41) is 2.78. The molecule has 1 amide bonds. The van der Waals surface area contributed by atoms with Crippen LogP contribution in [0.4, 0.5) is 11.6 Å². The number of nitrogens with one attached hydrogen (secondary N) is 2. The average Bonchev–Trinajstić information content (AvgIpc) is 2.73. The van der Waals surface area contributed by atoms with E-state index in [2.05, 4.69) is 20.0 Å². The quantitative estimate of drug-likeness (QED) is 0.510. The van der Waals surface area contributed by atoms with Crippen LogP contribution >= 0.6 is 0 Å². The highest BCUT2D eigenvalue weighted by Crippen LogP contribution is 2.20. The molecule has 3 rings (SSSR count). The Bertz CT molecular complexity index is 1240. The number of aromatic nitrogens is 2. The first-order chi connectivity index (χ1) is 15.6. The highest BCUT2D eigenvalue weighted by atomic mass is 32.2. The number of rotatable bonds is 8. The molecule has 0 saturated carbocycles. The standard InChI is InChI=1S/C24H28N4O4S/c1-6-22(32-20-10-7-15(2)16(3)13-20)23(29)27-19-8-11-21(12-9-19)33(30,31)28-24-25-17(4)14-18(5)26-24/h7-14,22H,6H2,1-5H3,(H,27,29)(H,25,26,28)/t22-/m0/s1. The third kappa shape index (κ3) is 6.29. The first-order valence-corrected chi connectivity index (χ1v) is 12.1. The Morgan fingerprint density at radius 3 is 2.15 bits per heavy atom. The fourth-order valence-electron chi connectivity index (χ4n) is 3.16. The number of nitrogens with zero attached hydrogens (tertiary/aromatic N) is 2. The van der Waals surface area contributed by atoms with E-state index in [-0.39, 0.29) is 16.8 Å². The van der Waals surface area contributed by atoms with E-state index in [1.54, 1.807) is 19.9 Å². The monoisotopic (exact) mass is 468 g/mol. The molecule has 1 aromatic heterocycles. The lowest BCUT2D eigenvalue weighted by Gasteiger charge is -2.18. The molecule has 0 fully saturated rings. The second-order valence-electron chi connectivity index (χ2n) is 7.85. The lowest BCUT2D eigenvalue weighted by Crippen LogP contribution is -2.32. The summed E-state index contributed by atoms with van der Waals surface area (Å²) >= 11 is 0. The predicted molar refractivity (Wildman–Crippen MR) is 128 cm³/mol. The van der Waals surface area contributed by atoms with Gasteiger partial charge >= 0.3 is 0 Å². The maximum atomic E-state index is 12.7. The van der Waals surface area contributed by atoms with Gasteiger partial charge in [0.25, 0.3) is 15.9 Å². The number of carbonyl (C=O) groups excluding carboxylic acids is 1. The molecule has 0 unspecified atom stereocenters. The normalized spacial score (nSPS) is 12.2. The lowest BCUT2D eigenvalue weighted by atomic mass is 10.1. The first kappa shape index (κ1) is 24.2. The third-order valence-electron chi connectivity index (χ3n) is 5.06. The van der Waals surface area contributed by atoms with Gasteiger partial charge in [-0.2, -0.15) is 0 Å². The summed E-state index contributed by atoms with van der Waals surface area (Å²) in [7, 11) is -3.87. The summed E-state index contributed by atoms with van der Waals surface area (Å²) in [4.78, 5) is 20.9. The number of sulfonamides is 1. The van der Waals surface area contributed by atoms with Gasteiger partial charge in [0.1, 0.15) is 5.75 Å². The number of aryl methyl sites for hydroxylation is 4. The van der Waals surface area contributed by atoms with Gasteiger partial charge in [-0.15, -0.1) is 0 Å². The molecule has 2 aromatic carbocycles. The van der Waals surface area contributed by atoms with Gasteiger partial charge in [-0.3, -0.25) is 4.79 Å². The van der Waals surface area contributed by atoms with Gasteiger partial charge in [0.15, 0.2) is 6.10 Å². The molecule has 0 saturated heterocycles. The van der Waals surface area contributed by atoms with E-state index in [0.29, 0.717) is 29.2 Å². The van der Waals surface area contributed by atoms with Crippen LogP contribution in [0, 0.1) is 27.7 Å². The topological polar surface area (TPSA) is 110 Å². The molecule has 3 aromatic rings. The summed E-state index contributed by atoms with van der Waals surface area (Å²) in [6.07, 6.45) is -0.204.